The SMILES string of the molecule is COC(=O)[C@@H]1C(=O)C2=C(C[C@H]1C)NC(C)=C(C(=O)OC1CCCC1)[C@@H]2c1ccc(F)cc1. The highest BCUT2D eigenvalue weighted by Gasteiger charge is 2.47. The van der Waals surface area contributed by atoms with Crippen LogP contribution in [0.3, 0.4) is 0 Å². The van der Waals surface area contributed by atoms with E-state index in [9.17, 15) is 18.8 Å². The summed E-state index contributed by atoms with van der Waals surface area (Å²) in [6.45, 7) is 3.62. The highest BCUT2D eigenvalue weighted by Crippen LogP contribution is 2.45. The molecule has 3 atom stereocenters. The van der Waals surface area contributed by atoms with Crippen molar-refractivity contribution in [2.45, 2.75) is 58.0 Å². The summed E-state index contributed by atoms with van der Waals surface area (Å²) >= 11 is 0. The molecule has 0 radical (unpaired) electrons. The maximum Gasteiger partial charge on any atom is 0.337 e. The molecule has 6 nitrogen and oxygen atoms in total. The molecule has 1 heterocycles. The van der Waals surface area contributed by atoms with Crippen molar-refractivity contribution in [1.29, 1.82) is 0 Å². The topological polar surface area (TPSA) is 81.7 Å². The number of nitrogens with one attached hydrogen (secondary N) is 1. The Hall–Kier alpha value is -2.96. The lowest BCUT2D eigenvalue weighted by Crippen LogP contribution is -2.43. The number of halogens is 1. The molecule has 32 heavy (non-hydrogen) atoms. The van der Waals surface area contributed by atoms with Gasteiger partial charge in [0.1, 0.15) is 17.8 Å². The zero-order chi connectivity index (χ0) is 23.0. The molecule has 1 aromatic carbocycles. The Balaban J connectivity index is 1.79. The highest BCUT2D eigenvalue weighted by molar-refractivity contribution is 6.12. The highest BCUT2D eigenvalue weighted by atomic mass is 19.1. The molecular weight excluding hydrogens is 413 g/mol. The normalized spacial score (nSPS) is 26.0. The van der Waals surface area contributed by atoms with Crippen molar-refractivity contribution in [1.82, 2.24) is 5.32 Å². The lowest BCUT2D eigenvalue weighted by Gasteiger charge is -2.38. The molecular formula is C25H28FNO5. The lowest BCUT2D eigenvalue weighted by atomic mass is 9.69. The van der Waals surface area contributed by atoms with Gasteiger partial charge in [-0.25, -0.2) is 9.18 Å². The zero-order valence-electron chi connectivity index (χ0n) is 18.6. The Bertz CT molecular complexity index is 1000. The van der Waals surface area contributed by atoms with Crippen LogP contribution in [-0.4, -0.2) is 30.9 Å². The van der Waals surface area contributed by atoms with Crippen LogP contribution in [0.15, 0.2) is 46.8 Å². The summed E-state index contributed by atoms with van der Waals surface area (Å²) in [6, 6.07) is 5.76. The third-order valence-corrected chi connectivity index (χ3v) is 6.74. The Morgan fingerprint density at radius 1 is 1.12 bits per heavy atom. The maximum atomic E-state index is 13.7. The molecule has 0 amide bonds. The van der Waals surface area contributed by atoms with E-state index in [0.29, 0.717) is 34.5 Å². The Morgan fingerprint density at radius 2 is 1.78 bits per heavy atom. The molecule has 3 aliphatic rings. The number of carbonyl (C=O) groups excluding carboxylic acids is 3. The van der Waals surface area contributed by atoms with Crippen LogP contribution in [0.4, 0.5) is 4.39 Å². The van der Waals surface area contributed by atoms with Crippen LogP contribution in [0.1, 0.15) is 57.4 Å². The summed E-state index contributed by atoms with van der Waals surface area (Å²) in [5.41, 5.74) is 2.58. The number of ketones is 1. The molecule has 0 bridgehead atoms. The molecule has 1 N–H and O–H groups in total. The van der Waals surface area contributed by atoms with Crippen molar-refractivity contribution < 1.29 is 28.2 Å². The predicted molar refractivity (Wildman–Crippen MR) is 115 cm³/mol. The van der Waals surface area contributed by atoms with E-state index in [1.807, 2.05) is 6.92 Å². The second-order valence-corrected chi connectivity index (χ2v) is 8.90. The first kappa shape index (κ1) is 22.2. The van der Waals surface area contributed by atoms with E-state index in [0.717, 1.165) is 25.7 Å². The van der Waals surface area contributed by atoms with E-state index in [-0.39, 0.29) is 17.8 Å². The number of ether oxygens (including phenoxy) is 2. The molecule has 0 saturated heterocycles. The second kappa shape index (κ2) is 8.88. The number of hydrogen-bond acceptors (Lipinski definition) is 6. The van der Waals surface area contributed by atoms with Crippen LogP contribution in [-0.2, 0) is 23.9 Å². The number of rotatable bonds is 4. The van der Waals surface area contributed by atoms with E-state index in [4.69, 9.17) is 9.47 Å². The van der Waals surface area contributed by atoms with E-state index < -0.39 is 29.6 Å². The minimum atomic E-state index is -0.950. The fraction of sp³-hybridized carbons (Fsp3) is 0.480. The molecule has 2 aliphatic carbocycles. The third-order valence-electron chi connectivity index (χ3n) is 6.74. The van der Waals surface area contributed by atoms with E-state index in [2.05, 4.69) is 5.32 Å². The van der Waals surface area contributed by atoms with Gasteiger partial charge < -0.3 is 14.8 Å². The predicted octanol–water partition coefficient (Wildman–Crippen LogP) is 3.92. The van der Waals surface area contributed by atoms with Crippen molar-refractivity contribution in [3.63, 3.8) is 0 Å². The summed E-state index contributed by atoms with van der Waals surface area (Å²) in [5, 5.41) is 3.24. The fourth-order valence-corrected chi connectivity index (χ4v) is 5.16. The second-order valence-electron chi connectivity index (χ2n) is 8.90. The van der Waals surface area contributed by atoms with E-state index >= 15 is 0 Å². The Morgan fingerprint density at radius 3 is 2.41 bits per heavy atom. The van der Waals surface area contributed by atoms with Gasteiger partial charge in [0.25, 0.3) is 0 Å². The summed E-state index contributed by atoms with van der Waals surface area (Å²) in [7, 11) is 1.26. The van der Waals surface area contributed by atoms with Crippen LogP contribution >= 0.6 is 0 Å². The number of Topliss-reactive ketones (excluding diaryl/α,β-unsaturated/α-hetero) is 1. The largest absolute Gasteiger partial charge is 0.468 e. The van der Waals surface area contributed by atoms with Crippen LogP contribution in [0.2, 0.25) is 0 Å². The molecule has 0 spiro atoms. The first-order chi connectivity index (χ1) is 15.3. The summed E-state index contributed by atoms with van der Waals surface area (Å²) in [5.74, 6) is -3.80. The van der Waals surface area contributed by atoms with Crippen LogP contribution in [0, 0.1) is 17.7 Å². The summed E-state index contributed by atoms with van der Waals surface area (Å²) in [6.07, 6.45) is 3.99. The third kappa shape index (κ3) is 3.96. The van der Waals surface area contributed by atoms with Crippen molar-refractivity contribution in [2.75, 3.05) is 7.11 Å². The van der Waals surface area contributed by atoms with Gasteiger partial charge in [-0.15, -0.1) is 0 Å². The Labute approximate surface area is 186 Å². The average Bonchev–Trinajstić information content (AvgIpc) is 3.26. The number of benzene rings is 1. The lowest BCUT2D eigenvalue weighted by molar-refractivity contribution is -0.151. The molecule has 0 aromatic heterocycles. The smallest absolute Gasteiger partial charge is 0.337 e. The molecule has 0 unspecified atom stereocenters. The van der Waals surface area contributed by atoms with Crippen molar-refractivity contribution in [3.05, 3.63) is 58.2 Å². The minimum absolute atomic E-state index is 0.142. The Kier molecular flexibility index (Phi) is 6.17. The molecule has 1 aromatic rings. The van der Waals surface area contributed by atoms with E-state index in [1.54, 1.807) is 19.1 Å². The molecule has 1 aliphatic heterocycles. The first-order valence-corrected chi connectivity index (χ1v) is 11.1. The number of methoxy groups -OCH3 is 1. The van der Waals surface area contributed by atoms with Crippen LogP contribution in [0.25, 0.3) is 0 Å². The van der Waals surface area contributed by atoms with Gasteiger partial charge >= 0.3 is 11.9 Å². The van der Waals surface area contributed by atoms with Gasteiger partial charge in [-0.3, -0.25) is 9.59 Å². The molecule has 4 rings (SSSR count). The fourth-order valence-electron chi connectivity index (χ4n) is 5.16. The molecule has 1 fully saturated rings. The van der Waals surface area contributed by atoms with Gasteiger partial charge in [-0.2, -0.15) is 0 Å². The van der Waals surface area contributed by atoms with Gasteiger partial charge in [-0.1, -0.05) is 19.1 Å². The summed E-state index contributed by atoms with van der Waals surface area (Å²) in [4.78, 5) is 39.3. The zero-order valence-corrected chi connectivity index (χ0v) is 18.6. The van der Waals surface area contributed by atoms with Crippen molar-refractivity contribution in [3.8, 4) is 0 Å². The van der Waals surface area contributed by atoms with Gasteiger partial charge in [0.15, 0.2) is 5.78 Å². The van der Waals surface area contributed by atoms with Gasteiger partial charge in [0, 0.05) is 22.9 Å². The number of dihydropyridines is 1. The van der Waals surface area contributed by atoms with E-state index in [1.165, 1.54) is 19.2 Å². The molecule has 170 valence electrons. The van der Waals surface area contributed by atoms with Gasteiger partial charge in [0.2, 0.25) is 0 Å². The molecule has 1 saturated carbocycles. The standard InChI is InChI=1S/C25H28FNO5/c1-13-12-18-22(23(28)19(13)24(29)31-3)21(15-8-10-16(26)11-9-15)20(14(2)27-18)25(30)32-17-6-4-5-7-17/h8-11,13,17,19,21,27H,4-7,12H2,1-3H3/t13-,19+,21+/m1/s1. The monoisotopic (exact) mass is 441 g/mol. The van der Waals surface area contributed by atoms with Gasteiger partial charge in [0.05, 0.1) is 12.7 Å². The number of allylic oxidation sites excluding steroid dienone is 3. The maximum absolute atomic E-state index is 13.7. The average molecular weight is 441 g/mol. The van der Waals surface area contributed by atoms with Crippen LogP contribution < -0.4 is 5.32 Å². The minimum Gasteiger partial charge on any atom is -0.468 e. The first-order valence-electron chi connectivity index (χ1n) is 11.1. The quantitative estimate of drug-likeness (QED) is 0.563. The number of hydrogen-bond donors (Lipinski definition) is 1. The number of carbonyl (C=O) groups is 3. The van der Waals surface area contributed by atoms with Crippen LogP contribution in [0.5, 0.6) is 0 Å². The summed E-state index contributed by atoms with van der Waals surface area (Å²) < 4.78 is 24.4. The number of esters is 2. The van der Waals surface area contributed by atoms with Crippen molar-refractivity contribution in [2.24, 2.45) is 11.8 Å². The van der Waals surface area contributed by atoms with Crippen molar-refractivity contribution >= 4 is 17.7 Å². The molecule has 7 heteroatoms. The van der Waals surface area contributed by atoms with Gasteiger partial charge in [-0.05, 0) is 62.6 Å².